The molecule has 0 spiro atoms. The normalized spacial score (nSPS) is 12.1. The van der Waals surface area contributed by atoms with Crippen LogP contribution in [-0.2, 0) is 9.53 Å². The molecule has 1 aromatic carbocycles. The van der Waals surface area contributed by atoms with Crippen LogP contribution < -0.4 is 4.74 Å². The smallest absolute Gasteiger partial charge is 0.337 e. The van der Waals surface area contributed by atoms with Gasteiger partial charge in [0.2, 0.25) is 0 Å². The summed E-state index contributed by atoms with van der Waals surface area (Å²) in [5.74, 6) is -0.617. The summed E-state index contributed by atoms with van der Waals surface area (Å²) in [6.45, 7) is 3.84. The fraction of sp³-hybridized carbons (Fsp3) is 0.462. The highest BCUT2D eigenvalue weighted by Crippen LogP contribution is 2.18. The highest BCUT2D eigenvalue weighted by Gasteiger charge is 2.15. The van der Waals surface area contributed by atoms with Gasteiger partial charge in [0.1, 0.15) is 5.75 Å². The molecule has 5 heteroatoms. The Balaban J connectivity index is 2.38. The van der Waals surface area contributed by atoms with Gasteiger partial charge in [-0.05, 0) is 24.6 Å². The molecule has 0 aliphatic rings. The predicted octanol–water partition coefficient (Wildman–Crippen LogP) is 1.61. The van der Waals surface area contributed by atoms with E-state index >= 15 is 0 Å². The Kier molecular flexibility index (Phi) is 6.18. The van der Waals surface area contributed by atoms with Crippen LogP contribution in [0.3, 0.4) is 0 Å². The molecule has 0 aliphatic heterocycles. The minimum atomic E-state index is -1.49. The third-order valence-corrected chi connectivity index (χ3v) is 2.34. The van der Waals surface area contributed by atoms with E-state index in [0.717, 1.165) is 6.42 Å². The van der Waals surface area contributed by atoms with Gasteiger partial charge in [-0.3, -0.25) is 0 Å². The Hall–Kier alpha value is -1.59. The summed E-state index contributed by atoms with van der Waals surface area (Å²) in [6.07, 6.45) is -0.690. The Morgan fingerprint density at radius 3 is 2.50 bits per heavy atom. The van der Waals surface area contributed by atoms with E-state index in [-0.39, 0.29) is 0 Å². The van der Waals surface area contributed by atoms with Crippen molar-refractivity contribution in [3.05, 3.63) is 29.8 Å². The summed E-state index contributed by atoms with van der Waals surface area (Å²) in [4.78, 5) is 10.6. The molecule has 0 aromatic heterocycles. The van der Waals surface area contributed by atoms with Gasteiger partial charge >= 0.3 is 5.97 Å². The van der Waals surface area contributed by atoms with Crippen LogP contribution in [0.5, 0.6) is 5.75 Å². The SMILES string of the molecule is CCOCCCOc1ccc([C@@H](O)C(=O)O)cc1. The fourth-order valence-corrected chi connectivity index (χ4v) is 1.38. The van der Waals surface area contributed by atoms with E-state index in [1.807, 2.05) is 6.92 Å². The van der Waals surface area contributed by atoms with Crippen LogP contribution in [0.4, 0.5) is 0 Å². The van der Waals surface area contributed by atoms with E-state index in [1.165, 1.54) is 12.1 Å². The average molecular weight is 254 g/mol. The van der Waals surface area contributed by atoms with Gasteiger partial charge in [-0.1, -0.05) is 12.1 Å². The minimum absolute atomic E-state index is 0.337. The monoisotopic (exact) mass is 254 g/mol. The summed E-state index contributed by atoms with van der Waals surface area (Å²) in [6, 6.07) is 6.36. The molecule has 0 bridgehead atoms. The molecule has 0 amide bonds. The number of aliphatic hydroxyl groups is 1. The zero-order valence-electron chi connectivity index (χ0n) is 10.3. The number of aliphatic carboxylic acids is 1. The summed E-state index contributed by atoms with van der Waals surface area (Å²) < 4.78 is 10.6. The maximum Gasteiger partial charge on any atom is 0.337 e. The Bertz CT molecular complexity index is 360. The van der Waals surface area contributed by atoms with E-state index < -0.39 is 12.1 Å². The lowest BCUT2D eigenvalue weighted by atomic mass is 10.1. The molecule has 1 aromatic rings. The quantitative estimate of drug-likeness (QED) is 0.689. The fourth-order valence-electron chi connectivity index (χ4n) is 1.38. The molecule has 0 fully saturated rings. The van der Waals surface area contributed by atoms with Crippen LogP contribution in [0.15, 0.2) is 24.3 Å². The molecule has 0 radical (unpaired) electrons. The van der Waals surface area contributed by atoms with E-state index in [1.54, 1.807) is 12.1 Å². The van der Waals surface area contributed by atoms with Crippen molar-refractivity contribution in [1.29, 1.82) is 0 Å². The molecule has 0 saturated heterocycles. The number of carboxylic acids is 1. The predicted molar refractivity (Wildman–Crippen MR) is 65.6 cm³/mol. The Labute approximate surface area is 106 Å². The molecule has 0 heterocycles. The molecule has 18 heavy (non-hydrogen) atoms. The van der Waals surface area contributed by atoms with E-state index in [0.29, 0.717) is 31.1 Å². The molecule has 1 rings (SSSR count). The van der Waals surface area contributed by atoms with Gasteiger partial charge in [0.15, 0.2) is 6.10 Å². The Morgan fingerprint density at radius 1 is 1.28 bits per heavy atom. The van der Waals surface area contributed by atoms with Crippen molar-refractivity contribution in [3.63, 3.8) is 0 Å². The zero-order valence-corrected chi connectivity index (χ0v) is 10.3. The lowest BCUT2D eigenvalue weighted by molar-refractivity contribution is -0.146. The third-order valence-electron chi connectivity index (χ3n) is 2.34. The molecule has 2 N–H and O–H groups in total. The van der Waals surface area contributed by atoms with Gasteiger partial charge in [-0.15, -0.1) is 0 Å². The summed E-state index contributed by atoms with van der Waals surface area (Å²) >= 11 is 0. The molecule has 0 unspecified atom stereocenters. The van der Waals surface area contributed by atoms with Crippen LogP contribution in [0, 0.1) is 0 Å². The van der Waals surface area contributed by atoms with Crippen molar-refractivity contribution in [1.82, 2.24) is 0 Å². The number of aliphatic hydroxyl groups excluding tert-OH is 1. The molecule has 1 atom stereocenters. The second-order valence-electron chi connectivity index (χ2n) is 3.71. The van der Waals surface area contributed by atoms with Crippen molar-refractivity contribution >= 4 is 5.97 Å². The van der Waals surface area contributed by atoms with Gasteiger partial charge in [-0.25, -0.2) is 4.79 Å². The first kappa shape index (κ1) is 14.5. The first-order valence-electron chi connectivity index (χ1n) is 5.86. The number of carboxylic acid groups (broad SMARTS) is 1. The number of hydrogen-bond acceptors (Lipinski definition) is 4. The van der Waals surface area contributed by atoms with E-state index in [9.17, 15) is 9.90 Å². The molecule has 5 nitrogen and oxygen atoms in total. The van der Waals surface area contributed by atoms with Crippen LogP contribution in [0.25, 0.3) is 0 Å². The zero-order chi connectivity index (χ0) is 13.4. The number of benzene rings is 1. The second-order valence-corrected chi connectivity index (χ2v) is 3.71. The van der Waals surface area contributed by atoms with E-state index in [2.05, 4.69) is 0 Å². The number of ether oxygens (including phenoxy) is 2. The number of carbonyl (C=O) groups is 1. The van der Waals surface area contributed by atoms with Gasteiger partial charge in [0.05, 0.1) is 6.61 Å². The Morgan fingerprint density at radius 2 is 1.94 bits per heavy atom. The van der Waals surface area contributed by atoms with Crippen LogP contribution in [0.1, 0.15) is 25.0 Å². The highest BCUT2D eigenvalue weighted by atomic mass is 16.5. The first-order valence-corrected chi connectivity index (χ1v) is 5.86. The molecule has 0 saturated carbocycles. The topological polar surface area (TPSA) is 76.0 Å². The van der Waals surface area contributed by atoms with Crippen molar-refractivity contribution in [2.75, 3.05) is 19.8 Å². The maximum absolute atomic E-state index is 10.6. The van der Waals surface area contributed by atoms with Crippen molar-refractivity contribution < 1.29 is 24.5 Å². The maximum atomic E-state index is 10.6. The van der Waals surface area contributed by atoms with Crippen molar-refractivity contribution in [2.45, 2.75) is 19.4 Å². The largest absolute Gasteiger partial charge is 0.494 e. The van der Waals surface area contributed by atoms with Crippen LogP contribution in [-0.4, -0.2) is 36.0 Å². The lowest BCUT2D eigenvalue weighted by Crippen LogP contribution is -2.10. The van der Waals surface area contributed by atoms with Crippen LogP contribution in [0.2, 0.25) is 0 Å². The van der Waals surface area contributed by atoms with Crippen molar-refractivity contribution in [3.8, 4) is 5.75 Å². The second kappa shape index (κ2) is 7.68. The average Bonchev–Trinajstić information content (AvgIpc) is 2.38. The first-order chi connectivity index (χ1) is 8.65. The minimum Gasteiger partial charge on any atom is -0.494 e. The summed E-state index contributed by atoms with van der Waals surface area (Å²) in [5.41, 5.74) is 0.337. The molecule has 0 aliphatic carbocycles. The molecule has 100 valence electrons. The summed E-state index contributed by atoms with van der Waals surface area (Å²) in [7, 11) is 0. The van der Waals surface area contributed by atoms with Gasteiger partial charge in [-0.2, -0.15) is 0 Å². The third kappa shape index (κ3) is 4.73. The summed E-state index contributed by atoms with van der Waals surface area (Å²) in [5, 5.41) is 17.9. The molecular formula is C13H18O5. The molecular weight excluding hydrogens is 236 g/mol. The van der Waals surface area contributed by atoms with Gasteiger partial charge in [0.25, 0.3) is 0 Å². The van der Waals surface area contributed by atoms with Crippen molar-refractivity contribution in [2.24, 2.45) is 0 Å². The number of hydrogen-bond donors (Lipinski definition) is 2. The van der Waals surface area contributed by atoms with E-state index in [4.69, 9.17) is 14.6 Å². The van der Waals surface area contributed by atoms with Crippen LogP contribution >= 0.6 is 0 Å². The standard InChI is InChI=1S/C13H18O5/c1-2-17-8-3-9-18-11-6-4-10(5-7-11)12(14)13(15)16/h4-7,12,14H,2-3,8-9H2,1H3,(H,15,16)/t12-/m1/s1. The van der Waals surface area contributed by atoms with Gasteiger partial charge in [0, 0.05) is 19.6 Å². The lowest BCUT2D eigenvalue weighted by Gasteiger charge is -2.09. The number of rotatable bonds is 8. The van der Waals surface area contributed by atoms with Gasteiger partial charge < -0.3 is 19.7 Å². The highest BCUT2D eigenvalue weighted by molar-refractivity contribution is 5.74.